The number of thiazole rings is 1. The number of benzene rings is 2. The van der Waals surface area contributed by atoms with E-state index in [-0.39, 0.29) is 28.7 Å². The normalized spacial score (nSPS) is 14.0. The first-order chi connectivity index (χ1) is 15.9. The number of fused-ring (bicyclic) bond motifs is 1. The van der Waals surface area contributed by atoms with E-state index < -0.39 is 10.8 Å². The highest BCUT2D eigenvalue weighted by Gasteiger charge is 2.27. The fourth-order valence-corrected chi connectivity index (χ4v) is 4.94. The fraction of sp³-hybridized carbons (Fsp3) is 0.364. The molecule has 2 aromatic carbocycles. The van der Waals surface area contributed by atoms with Gasteiger partial charge in [0, 0.05) is 38.3 Å². The lowest BCUT2D eigenvalue weighted by Crippen LogP contribution is -2.43. The number of nitro benzene ring substituents is 1. The van der Waals surface area contributed by atoms with E-state index in [0.29, 0.717) is 42.7 Å². The van der Waals surface area contributed by atoms with Crippen LogP contribution in [-0.2, 0) is 4.74 Å². The Bertz CT molecular complexity index is 1200. The highest BCUT2D eigenvalue weighted by atomic mass is 35.5. The van der Waals surface area contributed by atoms with Crippen molar-refractivity contribution in [2.45, 2.75) is 6.92 Å². The number of nitro groups is 1. The van der Waals surface area contributed by atoms with Gasteiger partial charge in [-0.3, -0.25) is 24.7 Å². The Hall–Kier alpha value is -2.50. The quantitative estimate of drug-likeness (QED) is 0.328. The van der Waals surface area contributed by atoms with E-state index >= 15 is 0 Å². The number of halogens is 2. The number of rotatable bonds is 7. The van der Waals surface area contributed by atoms with Crippen molar-refractivity contribution in [2.24, 2.45) is 0 Å². The molecule has 1 aromatic heterocycles. The summed E-state index contributed by atoms with van der Waals surface area (Å²) in [5.74, 6) is 0.180. The molecular weight excluding hydrogens is 503 g/mol. The van der Waals surface area contributed by atoms with Gasteiger partial charge < -0.3 is 9.47 Å². The van der Waals surface area contributed by atoms with E-state index in [4.69, 9.17) is 26.1 Å². The minimum Gasteiger partial charge on any atom is -0.494 e. The van der Waals surface area contributed by atoms with Crippen LogP contribution in [0.2, 0.25) is 5.02 Å². The Kier molecular flexibility index (Phi) is 8.67. The van der Waals surface area contributed by atoms with Crippen molar-refractivity contribution in [1.82, 2.24) is 9.88 Å². The van der Waals surface area contributed by atoms with Crippen LogP contribution in [-0.4, -0.2) is 67.2 Å². The molecule has 2 heterocycles. The monoisotopic (exact) mass is 526 g/mol. The molecule has 0 atom stereocenters. The van der Waals surface area contributed by atoms with Crippen molar-refractivity contribution in [3.05, 3.63) is 56.6 Å². The number of aryl methyl sites for hydroxylation is 1. The fourth-order valence-electron chi connectivity index (χ4n) is 3.66. The zero-order valence-electron chi connectivity index (χ0n) is 18.7. The summed E-state index contributed by atoms with van der Waals surface area (Å²) >= 11 is 7.68. The van der Waals surface area contributed by atoms with Crippen LogP contribution in [0.5, 0.6) is 5.75 Å². The van der Waals surface area contributed by atoms with Gasteiger partial charge in [-0.2, -0.15) is 0 Å². The van der Waals surface area contributed by atoms with Gasteiger partial charge in [0.25, 0.3) is 11.6 Å². The first-order valence-corrected chi connectivity index (χ1v) is 11.6. The van der Waals surface area contributed by atoms with Gasteiger partial charge in [-0.05, 0) is 24.6 Å². The largest absolute Gasteiger partial charge is 0.494 e. The topological polar surface area (TPSA) is 98.0 Å². The summed E-state index contributed by atoms with van der Waals surface area (Å²) in [5.41, 5.74) is 1.56. The molecule has 1 aliphatic heterocycles. The molecule has 0 N–H and O–H groups in total. The molecule has 0 saturated carbocycles. The van der Waals surface area contributed by atoms with E-state index in [1.54, 1.807) is 12.0 Å². The predicted octanol–water partition coefficient (Wildman–Crippen LogP) is 4.58. The highest BCUT2D eigenvalue weighted by Crippen LogP contribution is 2.37. The second-order valence-corrected chi connectivity index (χ2v) is 8.98. The SMILES string of the molecule is COc1ccc(C)c2sc(N(CCN3CCOCC3)C(=O)c3cc([N+](=O)[O-])ccc3Cl)nc12.Cl. The number of hydrogen-bond donors (Lipinski definition) is 0. The third-order valence-corrected chi connectivity index (χ3v) is 7.07. The highest BCUT2D eigenvalue weighted by molar-refractivity contribution is 7.22. The van der Waals surface area contributed by atoms with Gasteiger partial charge in [-0.1, -0.05) is 29.0 Å². The lowest BCUT2D eigenvalue weighted by molar-refractivity contribution is -0.384. The molecule has 1 amide bonds. The molecule has 1 aliphatic rings. The van der Waals surface area contributed by atoms with Gasteiger partial charge in [0.2, 0.25) is 0 Å². The number of aromatic nitrogens is 1. The molecule has 182 valence electrons. The summed E-state index contributed by atoms with van der Waals surface area (Å²) in [5, 5.41) is 11.9. The number of anilines is 1. The molecule has 4 rings (SSSR count). The lowest BCUT2D eigenvalue weighted by Gasteiger charge is -2.29. The standard InChI is InChI=1S/C22H23ClN4O5S.ClH/c1-14-3-6-18(31-2)19-20(14)33-22(24-19)26(8-7-25-9-11-32-12-10-25)21(28)16-13-15(27(29)30)4-5-17(16)23;/h3-6,13H,7-12H2,1-2H3;1H. The van der Waals surface area contributed by atoms with Crippen molar-refractivity contribution < 1.29 is 19.2 Å². The minimum atomic E-state index is -0.545. The van der Waals surface area contributed by atoms with Crippen molar-refractivity contribution in [3.63, 3.8) is 0 Å². The minimum absolute atomic E-state index is 0. The van der Waals surface area contributed by atoms with Gasteiger partial charge in [0.05, 0.1) is 40.5 Å². The molecular formula is C22H24Cl2N4O5S. The number of nitrogens with zero attached hydrogens (tertiary/aromatic N) is 4. The number of hydrogen-bond acceptors (Lipinski definition) is 8. The summed E-state index contributed by atoms with van der Waals surface area (Å²) in [6.07, 6.45) is 0. The first kappa shape index (κ1) is 26.1. The molecule has 12 heteroatoms. The Labute approximate surface area is 211 Å². The molecule has 0 aliphatic carbocycles. The number of methoxy groups -OCH3 is 1. The molecule has 1 saturated heterocycles. The van der Waals surface area contributed by atoms with Crippen LogP contribution in [0.3, 0.4) is 0 Å². The number of amides is 1. The molecule has 34 heavy (non-hydrogen) atoms. The number of morpholine rings is 1. The summed E-state index contributed by atoms with van der Waals surface area (Å²) in [4.78, 5) is 32.8. The zero-order chi connectivity index (χ0) is 23.5. The molecule has 1 fully saturated rings. The molecule has 0 radical (unpaired) electrons. The lowest BCUT2D eigenvalue weighted by atomic mass is 10.1. The van der Waals surface area contributed by atoms with Crippen molar-refractivity contribution in [1.29, 1.82) is 0 Å². The maximum absolute atomic E-state index is 13.6. The Morgan fingerprint density at radius 2 is 2.06 bits per heavy atom. The van der Waals surface area contributed by atoms with Gasteiger partial charge in [-0.15, -0.1) is 12.4 Å². The maximum Gasteiger partial charge on any atom is 0.270 e. The molecule has 0 spiro atoms. The Morgan fingerprint density at radius 1 is 1.32 bits per heavy atom. The third kappa shape index (κ3) is 5.42. The number of ether oxygens (including phenoxy) is 2. The van der Waals surface area contributed by atoms with Crippen LogP contribution >= 0.6 is 35.3 Å². The Balaban J connectivity index is 0.00000324. The third-order valence-electron chi connectivity index (χ3n) is 5.52. The van der Waals surface area contributed by atoms with Gasteiger partial charge >= 0.3 is 0 Å². The maximum atomic E-state index is 13.6. The van der Waals surface area contributed by atoms with Crippen molar-refractivity contribution in [2.75, 3.05) is 51.4 Å². The van der Waals surface area contributed by atoms with Gasteiger partial charge in [0.1, 0.15) is 11.3 Å². The van der Waals surface area contributed by atoms with E-state index in [1.807, 2.05) is 19.1 Å². The number of non-ortho nitro benzene ring substituents is 1. The second-order valence-electron chi connectivity index (χ2n) is 7.59. The van der Waals surface area contributed by atoms with E-state index in [2.05, 4.69) is 4.90 Å². The average molecular weight is 527 g/mol. The van der Waals surface area contributed by atoms with Crippen molar-refractivity contribution >= 4 is 62.3 Å². The molecule has 0 unspecified atom stereocenters. The molecule has 9 nitrogen and oxygen atoms in total. The number of carbonyl (C=O) groups excluding carboxylic acids is 1. The van der Waals surface area contributed by atoms with Crippen molar-refractivity contribution in [3.8, 4) is 5.75 Å². The van der Waals surface area contributed by atoms with E-state index in [9.17, 15) is 14.9 Å². The van der Waals surface area contributed by atoms with Crippen LogP contribution in [0, 0.1) is 17.0 Å². The van der Waals surface area contributed by atoms with Gasteiger partial charge in [0.15, 0.2) is 5.13 Å². The zero-order valence-corrected chi connectivity index (χ0v) is 21.0. The molecule has 3 aromatic rings. The predicted molar refractivity (Wildman–Crippen MR) is 135 cm³/mol. The van der Waals surface area contributed by atoms with Gasteiger partial charge in [-0.25, -0.2) is 4.98 Å². The smallest absolute Gasteiger partial charge is 0.270 e. The number of carbonyl (C=O) groups is 1. The van der Waals surface area contributed by atoms with E-state index in [0.717, 1.165) is 23.4 Å². The summed E-state index contributed by atoms with van der Waals surface area (Å²) in [6.45, 7) is 5.75. The van der Waals surface area contributed by atoms with Crippen LogP contribution in [0.15, 0.2) is 30.3 Å². The molecule has 0 bridgehead atoms. The average Bonchev–Trinajstić information content (AvgIpc) is 3.26. The van der Waals surface area contributed by atoms with E-state index in [1.165, 1.54) is 29.5 Å². The Morgan fingerprint density at radius 3 is 2.74 bits per heavy atom. The summed E-state index contributed by atoms with van der Waals surface area (Å²) in [6, 6.07) is 7.66. The van der Waals surface area contributed by atoms with Crippen LogP contribution < -0.4 is 9.64 Å². The van der Waals surface area contributed by atoms with Crippen LogP contribution in [0.25, 0.3) is 10.2 Å². The first-order valence-electron chi connectivity index (χ1n) is 10.4. The summed E-state index contributed by atoms with van der Waals surface area (Å²) < 4.78 is 11.8. The second kappa shape index (κ2) is 11.3. The van der Waals surface area contributed by atoms with Crippen LogP contribution in [0.1, 0.15) is 15.9 Å². The summed E-state index contributed by atoms with van der Waals surface area (Å²) in [7, 11) is 1.58. The van der Waals surface area contributed by atoms with Crippen LogP contribution in [0.4, 0.5) is 10.8 Å².